The molecule has 0 atom stereocenters. The summed E-state index contributed by atoms with van der Waals surface area (Å²) in [5.41, 5.74) is 5.12. The first-order chi connectivity index (χ1) is 9.22. The number of nitrogens with zero attached hydrogens (tertiary/aromatic N) is 1. The third kappa shape index (κ3) is 3.12. The average molecular weight is 332 g/mol. The summed E-state index contributed by atoms with van der Waals surface area (Å²) in [5, 5.41) is 2.58. The van der Waals surface area contributed by atoms with Crippen LogP contribution < -0.4 is 10.5 Å². The molecule has 5 nitrogen and oxygen atoms in total. The van der Waals surface area contributed by atoms with Crippen molar-refractivity contribution >= 4 is 38.6 Å². The van der Waals surface area contributed by atoms with Crippen molar-refractivity contribution in [1.82, 2.24) is 9.71 Å². The van der Waals surface area contributed by atoms with Crippen LogP contribution in [0.1, 0.15) is 18.9 Å². The quantitative estimate of drug-likeness (QED) is 0.843. The Morgan fingerprint density at radius 2 is 2.10 bits per heavy atom. The van der Waals surface area contributed by atoms with Crippen LogP contribution in [-0.4, -0.2) is 13.4 Å². The van der Waals surface area contributed by atoms with Gasteiger partial charge in [-0.2, -0.15) is 4.72 Å². The molecule has 0 bridgehead atoms. The minimum Gasteiger partial charge on any atom is -0.399 e. The van der Waals surface area contributed by atoms with Crippen LogP contribution >= 0.6 is 22.9 Å². The van der Waals surface area contributed by atoms with Crippen molar-refractivity contribution in [1.29, 1.82) is 0 Å². The zero-order chi connectivity index (χ0) is 15.0. The van der Waals surface area contributed by atoms with E-state index in [4.69, 9.17) is 17.3 Å². The van der Waals surface area contributed by atoms with Crippen LogP contribution in [0.4, 0.5) is 5.69 Å². The molecule has 0 unspecified atom stereocenters. The van der Waals surface area contributed by atoms with Crippen LogP contribution in [0.2, 0.25) is 5.02 Å². The minimum atomic E-state index is -3.79. The van der Waals surface area contributed by atoms with Crippen molar-refractivity contribution in [3.8, 4) is 0 Å². The molecule has 0 spiro atoms. The highest BCUT2D eigenvalue weighted by Crippen LogP contribution is 2.28. The molecule has 0 saturated heterocycles. The van der Waals surface area contributed by atoms with Crippen LogP contribution in [-0.2, 0) is 15.6 Å². The molecule has 0 amide bonds. The maximum Gasteiger partial charge on any atom is 0.243 e. The first kappa shape index (κ1) is 15.2. The number of thiazole rings is 1. The fourth-order valence-electron chi connectivity index (χ4n) is 1.69. The first-order valence-corrected chi connectivity index (χ1v) is 8.45. The lowest BCUT2D eigenvalue weighted by Gasteiger charge is -2.23. The molecule has 108 valence electrons. The molecule has 1 heterocycles. The lowest BCUT2D eigenvalue weighted by Crippen LogP contribution is -2.40. The fraction of sp³-hybridized carbons (Fsp3) is 0.250. The topological polar surface area (TPSA) is 85.1 Å². The largest absolute Gasteiger partial charge is 0.399 e. The number of hydrogen-bond donors (Lipinski definition) is 2. The molecule has 1 aromatic carbocycles. The second-order valence-corrected chi connectivity index (χ2v) is 7.71. The molecule has 0 radical (unpaired) electrons. The van der Waals surface area contributed by atoms with Gasteiger partial charge in [-0.1, -0.05) is 11.6 Å². The highest BCUT2D eigenvalue weighted by Gasteiger charge is 2.31. The fourth-order valence-corrected chi connectivity index (χ4v) is 4.39. The van der Waals surface area contributed by atoms with E-state index in [1.165, 1.54) is 23.5 Å². The predicted molar refractivity (Wildman–Crippen MR) is 81.3 cm³/mol. The van der Waals surface area contributed by atoms with Crippen molar-refractivity contribution < 1.29 is 8.42 Å². The van der Waals surface area contributed by atoms with E-state index in [1.807, 2.05) is 0 Å². The molecule has 3 N–H and O–H groups in total. The summed E-state index contributed by atoms with van der Waals surface area (Å²) < 4.78 is 27.5. The van der Waals surface area contributed by atoms with Gasteiger partial charge < -0.3 is 5.73 Å². The van der Waals surface area contributed by atoms with E-state index in [9.17, 15) is 8.42 Å². The Morgan fingerprint density at radius 1 is 1.40 bits per heavy atom. The summed E-state index contributed by atoms with van der Waals surface area (Å²) in [5.74, 6) is 0. The second-order valence-electron chi connectivity index (χ2n) is 4.76. The van der Waals surface area contributed by atoms with E-state index in [0.29, 0.717) is 10.7 Å². The molecule has 8 heteroatoms. The SMILES string of the molecule is CC(C)(NS(=O)(=O)c1cc(N)ccc1Cl)c1nccs1. The lowest BCUT2D eigenvalue weighted by atomic mass is 10.1. The Labute approximate surface area is 126 Å². The standard InChI is InChI=1S/C12H14ClN3O2S2/c1-12(2,11-15-5-6-19-11)16-20(17,18)10-7-8(14)3-4-9(10)13/h3-7,16H,14H2,1-2H3. The molecule has 0 aliphatic heterocycles. The molecule has 1 aromatic heterocycles. The molecule has 0 saturated carbocycles. The van der Waals surface area contributed by atoms with Gasteiger partial charge in [0.2, 0.25) is 10.0 Å². The number of nitrogens with one attached hydrogen (secondary N) is 1. The molecular formula is C12H14ClN3O2S2. The lowest BCUT2D eigenvalue weighted by molar-refractivity contribution is 0.470. The Morgan fingerprint density at radius 3 is 2.70 bits per heavy atom. The van der Waals surface area contributed by atoms with Crippen LogP contribution in [0.25, 0.3) is 0 Å². The summed E-state index contributed by atoms with van der Waals surface area (Å²) in [7, 11) is -3.79. The summed E-state index contributed by atoms with van der Waals surface area (Å²) in [6, 6.07) is 4.35. The van der Waals surface area contributed by atoms with Crippen LogP contribution in [0, 0.1) is 0 Å². The van der Waals surface area contributed by atoms with Crippen molar-refractivity contribution in [2.24, 2.45) is 0 Å². The Bertz CT molecular complexity index is 712. The molecular weight excluding hydrogens is 318 g/mol. The van der Waals surface area contributed by atoms with Gasteiger partial charge in [0.1, 0.15) is 9.90 Å². The normalized spacial score (nSPS) is 12.6. The van der Waals surface area contributed by atoms with Crippen molar-refractivity contribution in [3.63, 3.8) is 0 Å². The molecule has 0 aliphatic rings. The predicted octanol–water partition coefficient (Wildman–Crippen LogP) is 2.59. The number of anilines is 1. The van der Waals surface area contributed by atoms with Gasteiger partial charge >= 0.3 is 0 Å². The number of sulfonamides is 1. The molecule has 20 heavy (non-hydrogen) atoms. The number of nitrogens with two attached hydrogens (primary N) is 1. The van der Waals surface area contributed by atoms with Gasteiger partial charge in [0.25, 0.3) is 0 Å². The minimum absolute atomic E-state index is 0.0382. The van der Waals surface area contributed by atoms with Gasteiger partial charge in [0.15, 0.2) is 0 Å². The monoisotopic (exact) mass is 331 g/mol. The molecule has 0 aliphatic carbocycles. The van der Waals surface area contributed by atoms with Crippen LogP contribution in [0.15, 0.2) is 34.7 Å². The highest BCUT2D eigenvalue weighted by atomic mass is 35.5. The van der Waals surface area contributed by atoms with E-state index < -0.39 is 15.6 Å². The number of benzene rings is 1. The Hall–Kier alpha value is -1.15. The third-order valence-corrected chi connectivity index (χ3v) is 5.84. The van der Waals surface area contributed by atoms with E-state index in [-0.39, 0.29) is 9.92 Å². The molecule has 2 rings (SSSR count). The zero-order valence-electron chi connectivity index (χ0n) is 10.9. The Balaban J connectivity index is 2.39. The van der Waals surface area contributed by atoms with Crippen molar-refractivity contribution in [3.05, 3.63) is 39.8 Å². The summed E-state index contributed by atoms with van der Waals surface area (Å²) in [6.45, 7) is 3.48. The molecule has 2 aromatic rings. The van der Waals surface area contributed by atoms with Gasteiger partial charge in [-0.15, -0.1) is 11.3 Å². The number of rotatable bonds is 4. The van der Waals surface area contributed by atoms with Gasteiger partial charge in [0.05, 0.1) is 10.6 Å². The van der Waals surface area contributed by atoms with E-state index >= 15 is 0 Å². The van der Waals surface area contributed by atoms with Gasteiger partial charge in [-0.25, -0.2) is 13.4 Å². The van der Waals surface area contributed by atoms with E-state index in [2.05, 4.69) is 9.71 Å². The van der Waals surface area contributed by atoms with Crippen molar-refractivity contribution in [2.75, 3.05) is 5.73 Å². The van der Waals surface area contributed by atoms with Gasteiger partial charge in [-0.3, -0.25) is 0 Å². The number of hydrogen-bond acceptors (Lipinski definition) is 5. The van der Waals surface area contributed by atoms with E-state index in [1.54, 1.807) is 31.5 Å². The number of aromatic nitrogens is 1. The smallest absolute Gasteiger partial charge is 0.243 e. The first-order valence-electron chi connectivity index (χ1n) is 5.71. The van der Waals surface area contributed by atoms with Crippen LogP contribution in [0.5, 0.6) is 0 Å². The van der Waals surface area contributed by atoms with Crippen LogP contribution in [0.3, 0.4) is 0 Å². The van der Waals surface area contributed by atoms with Gasteiger partial charge in [0, 0.05) is 17.3 Å². The molecule has 0 fully saturated rings. The average Bonchev–Trinajstić information content (AvgIpc) is 2.85. The maximum atomic E-state index is 12.4. The highest BCUT2D eigenvalue weighted by molar-refractivity contribution is 7.89. The van der Waals surface area contributed by atoms with Gasteiger partial charge in [-0.05, 0) is 32.0 Å². The van der Waals surface area contributed by atoms with Crippen molar-refractivity contribution in [2.45, 2.75) is 24.3 Å². The zero-order valence-corrected chi connectivity index (χ0v) is 13.3. The Kier molecular flexibility index (Phi) is 4.06. The third-order valence-electron chi connectivity index (χ3n) is 2.60. The van der Waals surface area contributed by atoms with E-state index in [0.717, 1.165) is 0 Å². The summed E-state index contributed by atoms with van der Waals surface area (Å²) in [6.07, 6.45) is 1.63. The second kappa shape index (κ2) is 5.33. The maximum absolute atomic E-state index is 12.4. The number of nitrogen functional groups attached to an aromatic ring is 1. The number of halogens is 1. The summed E-state index contributed by atoms with van der Waals surface area (Å²) >= 11 is 7.32. The summed E-state index contributed by atoms with van der Waals surface area (Å²) in [4.78, 5) is 4.10.